The molecule has 6 nitrogen and oxygen atoms in total. The minimum absolute atomic E-state index is 0.0562. The number of halogens is 1. The Kier molecular flexibility index (Phi) is 4.94. The van der Waals surface area contributed by atoms with E-state index >= 15 is 0 Å². The minimum Gasteiger partial charge on any atom is -0.475 e. The molecule has 0 aliphatic carbocycles. The number of ketones is 2. The van der Waals surface area contributed by atoms with Crippen LogP contribution in [0.25, 0.3) is 10.9 Å². The van der Waals surface area contributed by atoms with Crippen molar-refractivity contribution in [1.29, 1.82) is 0 Å². The Hall–Kier alpha value is -3.61. The average Bonchev–Trinajstić information content (AvgIpc) is 2.65. The van der Waals surface area contributed by atoms with E-state index in [1.54, 1.807) is 36.4 Å². The van der Waals surface area contributed by atoms with E-state index in [-0.39, 0.29) is 17.5 Å². The summed E-state index contributed by atoms with van der Waals surface area (Å²) >= 11 is 0. The van der Waals surface area contributed by atoms with Gasteiger partial charge in [-0.05, 0) is 18.2 Å². The van der Waals surface area contributed by atoms with Gasteiger partial charge in [0.2, 0.25) is 5.78 Å². The Labute approximate surface area is 152 Å². The zero-order chi connectivity index (χ0) is 19.6. The molecule has 0 fully saturated rings. The van der Waals surface area contributed by atoms with Crippen molar-refractivity contribution in [2.75, 3.05) is 0 Å². The first-order valence-electron chi connectivity index (χ1n) is 8.03. The number of carboxylic acids is 1. The summed E-state index contributed by atoms with van der Waals surface area (Å²) in [4.78, 5) is 47.0. The molecule has 0 aliphatic heterocycles. The van der Waals surface area contributed by atoms with E-state index in [0.29, 0.717) is 11.1 Å². The molecule has 0 saturated heterocycles. The molecule has 3 aromatic rings. The lowest BCUT2D eigenvalue weighted by molar-refractivity contribution is -0.148. The van der Waals surface area contributed by atoms with Crippen LogP contribution in [-0.4, -0.2) is 27.2 Å². The molecule has 0 atom stereocenters. The number of carboxylic acid groups (broad SMARTS) is 1. The van der Waals surface area contributed by atoms with Crippen LogP contribution in [-0.2, 0) is 16.1 Å². The van der Waals surface area contributed by atoms with Gasteiger partial charge in [-0.2, -0.15) is 0 Å². The third-order valence-electron chi connectivity index (χ3n) is 4.15. The van der Waals surface area contributed by atoms with Crippen molar-refractivity contribution in [3.05, 3.63) is 81.9 Å². The van der Waals surface area contributed by atoms with Gasteiger partial charge in [-0.3, -0.25) is 14.4 Å². The number of fused-ring (bicyclic) bond motifs is 1. The SMILES string of the molecule is O=C(O)C(=O)CC(=O)c1cn(Cc2ccccc2F)c2ccccc2c1=O. The highest BCUT2D eigenvalue weighted by atomic mass is 19.1. The molecule has 1 N–H and O–H groups in total. The first-order chi connectivity index (χ1) is 12.9. The number of Topliss-reactive ketones (excluding diaryl/α,β-unsaturated/α-hetero) is 2. The van der Waals surface area contributed by atoms with Gasteiger partial charge in [-0.15, -0.1) is 0 Å². The van der Waals surface area contributed by atoms with E-state index in [4.69, 9.17) is 5.11 Å². The number of nitrogens with zero attached hydrogens (tertiary/aromatic N) is 1. The van der Waals surface area contributed by atoms with Gasteiger partial charge in [-0.25, -0.2) is 9.18 Å². The molecule has 27 heavy (non-hydrogen) atoms. The molecular weight excluding hydrogens is 353 g/mol. The molecule has 0 saturated carbocycles. The molecule has 136 valence electrons. The Morgan fingerprint density at radius 1 is 1.00 bits per heavy atom. The summed E-state index contributed by atoms with van der Waals surface area (Å²) < 4.78 is 15.6. The van der Waals surface area contributed by atoms with Crippen molar-refractivity contribution in [3.8, 4) is 0 Å². The smallest absolute Gasteiger partial charge is 0.372 e. The maximum absolute atomic E-state index is 14.0. The standard InChI is InChI=1S/C20H14FNO5/c21-15-7-3-1-5-12(15)10-22-11-14(17(23)9-18(24)20(26)27)19(25)13-6-2-4-8-16(13)22/h1-8,11H,9-10H2,(H,26,27). The quantitative estimate of drug-likeness (QED) is 0.410. The minimum atomic E-state index is -1.74. The summed E-state index contributed by atoms with van der Waals surface area (Å²) in [6.07, 6.45) is 0.331. The van der Waals surface area contributed by atoms with E-state index in [0.717, 1.165) is 0 Å². The van der Waals surface area contributed by atoms with E-state index in [9.17, 15) is 23.6 Å². The van der Waals surface area contributed by atoms with Crippen molar-refractivity contribution >= 4 is 28.4 Å². The molecule has 0 aliphatic rings. The highest BCUT2D eigenvalue weighted by Gasteiger charge is 2.21. The van der Waals surface area contributed by atoms with Crippen LogP contribution >= 0.6 is 0 Å². The van der Waals surface area contributed by atoms with Crippen molar-refractivity contribution in [3.63, 3.8) is 0 Å². The highest BCUT2D eigenvalue weighted by molar-refractivity contribution is 6.37. The van der Waals surface area contributed by atoms with Crippen LogP contribution in [0.15, 0.2) is 59.5 Å². The third-order valence-corrected chi connectivity index (χ3v) is 4.15. The van der Waals surface area contributed by atoms with E-state index in [1.165, 1.54) is 22.9 Å². The highest BCUT2D eigenvalue weighted by Crippen LogP contribution is 2.16. The number of aliphatic carboxylic acids is 1. The summed E-state index contributed by atoms with van der Waals surface area (Å²) in [6.45, 7) is 0.0562. The summed E-state index contributed by atoms with van der Waals surface area (Å²) in [5.74, 6) is -4.36. The molecule has 2 aromatic carbocycles. The summed E-state index contributed by atoms with van der Waals surface area (Å²) in [6, 6.07) is 12.6. The lowest BCUT2D eigenvalue weighted by Gasteiger charge is -2.13. The number of hydrogen-bond acceptors (Lipinski definition) is 4. The van der Waals surface area contributed by atoms with Crippen LogP contribution < -0.4 is 5.43 Å². The van der Waals surface area contributed by atoms with E-state index in [1.807, 2.05) is 0 Å². The monoisotopic (exact) mass is 367 g/mol. The van der Waals surface area contributed by atoms with Crippen molar-refractivity contribution in [2.45, 2.75) is 13.0 Å². The van der Waals surface area contributed by atoms with Crippen LogP contribution in [0, 0.1) is 5.82 Å². The third kappa shape index (κ3) is 3.67. The second kappa shape index (κ2) is 7.33. The molecule has 0 unspecified atom stereocenters. The zero-order valence-corrected chi connectivity index (χ0v) is 14.0. The fourth-order valence-corrected chi connectivity index (χ4v) is 2.80. The first-order valence-corrected chi connectivity index (χ1v) is 8.03. The van der Waals surface area contributed by atoms with Gasteiger partial charge in [0.1, 0.15) is 5.82 Å². The number of para-hydroxylation sites is 1. The molecule has 1 heterocycles. The van der Waals surface area contributed by atoms with Crippen LogP contribution in [0.2, 0.25) is 0 Å². The molecule has 3 rings (SSSR count). The maximum Gasteiger partial charge on any atom is 0.372 e. The lowest BCUT2D eigenvalue weighted by Crippen LogP contribution is -2.24. The predicted molar refractivity (Wildman–Crippen MR) is 95.3 cm³/mol. The van der Waals surface area contributed by atoms with Gasteiger partial charge < -0.3 is 9.67 Å². The Bertz CT molecular complexity index is 1130. The Morgan fingerprint density at radius 3 is 2.37 bits per heavy atom. The Morgan fingerprint density at radius 2 is 1.67 bits per heavy atom. The summed E-state index contributed by atoms with van der Waals surface area (Å²) in [5.41, 5.74) is -0.0589. The molecular formula is C20H14FNO5. The average molecular weight is 367 g/mol. The van der Waals surface area contributed by atoms with Crippen LogP contribution in [0.1, 0.15) is 22.3 Å². The number of aromatic nitrogens is 1. The predicted octanol–water partition coefficient (Wildman–Crippen LogP) is 2.42. The number of benzene rings is 2. The van der Waals surface area contributed by atoms with Gasteiger partial charge in [0.15, 0.2) is 11.2 Å². The second-order valence-electron chi connectivity index (χ2n) is 5.94. The number of rotatable bonds is 6. The van der Waals surface area contributed by atoms with E-state index in [2.05, 4.69) is 0 Å². The van der Waals surface area contributed by atoms with Crippen LogP contribution in [0.4, 0.5) is 4.39 Å². The number of hydrogen-bond donors (Lipinski definition) is 1. The van der Waals surface area contributed by atoms with Gasteiger partial charge in [0.05, 0.1) is 24.0 Å². The summed E-state index contributed by atoms with van der Waals surface area (Å²) in [5, 5.41) is 8.90. The number of carbonyl (C=O) groups excluding carboxylic acids is 2. The number of carbonyl (C=O) groups is 3. The molecule has 0 radical (unpaired) electrons. The van der Waals surface area contributed by atoms with E-state index < -0.39 is 35.2 Å². The topological polar surface area (TPSA) is 93.4 Å². The molecule has 1 aromatic heterocycles. The zero-order valence-electron chi connectivity index (χ0n) is 14.0. The second-order valence-corrected chi connectivity index (χ2v) is 5.94. The Balaban J connectivity index is 2.13. The van der Waals surface area contributed by atoms with Gasteiger partial charge in [0.25, 0.3) is 0 Å². The van der Waals surface area contributed by atoms with Crippen LogP contribution in [0.5, 0.6) is 0 Å². The largest absolute Gasteiger partial charge is 0.475 e. The molecule has 0 bridgehead atoms. The van der Waals surface area contributed by atoms with Crippen molar-refractivity contribution in [2.24, 2.45) is 0 Å². The first kappa shape index (κ1) is 18.2. The molecule has 0 amide bonds. The fraction of sp³-hybridized carbons (Fsp3) is 0.100. The van der Waals surface area contributed by atoms with Crippen LogP contribution in [0.3, 0.4) is 0 Å². The maximum atomic E-state index is 14.0. The summed E-state index contributed by atoms with van der Waals surface area (Å²) in [7, 11) is 0. The lowest BCUT2D eigenvalue weighted by atomic mass is 10.0. The fourth-order valence-electron chi connectivity index (χ4n) is 2.80. The van der Waals surface area contributed by atoms with Gasteiger partial charge in [-0.1, -0.05) is 30.3 Å². The number of pyridine rings is 1. The van der Waals surface area contributed by atoms with Gasteiger partial charge in [0, 0.05) is 17.1 Å². The van der Waals surface area contributed by atoms with Crippen molar-refractivity contribution in [1.82, 2.24) is 4.57 Å². The normalized spacial score (nSPS) is 10.7. The van der Waals surface area contributed by atoms with Crippen molar-refractivity contribution < 1.29 is 23.9 Å². The molecule has 0 spiro atoms. The van der Waals surface area contributed by atoms with Gasteiger partial charge >= 0.3 is 5.97 Å². The molecule has 7 heteroatoms.